The maximum absolute atomic E-state index is 8.92. The molecule has 0 N–H and O–H groups in total. The van der Waals surface area contributed by atoms with Gasteiger partial charge >= 0.3 is 0 Å². The lowest BCUT2D eigenvalue weighted by molar-refractivity contribution is 0.0648. The van der Waals surface area contributed by atoms with Crippen LogP contribution in [0.1, 0.15) is 17.5 Å². The molecule has 0 fully saturated rings. The first-order chi connectivity index (χ1) is 11.8. The van der Waals surface area contributed by atoms with Crippen LogP contribution in [0.4, 0.5) is 0 Å². The molecule has 2 aromatic carbocycles. The number of hydrazine groups is 1. The normalized spacial score (nSPS) is 14.3. The van der Waals surface area contributed by atoms with Gasteiger partial charge in [0.2, 0.25) is 0 Å². The fraction of sp³-hybridized carbons (Fsp3) is 0.263. The number of methoxy groups -OCH3 is 1. The van der Waals surface area contributed by atoms with Crippen LogP contribution in [0, 0.1) is 11.3 Å². The van der Waals surface area contributed by atoms with Crippen LogP contribution in [0.5, 0.6) is 5.75 Å². The minimum Gasteiger partial charge on any atom is -0.496 e. The van der Waals surface area contributed by atoms with Crippen molar-refractivity contribution >= 4 is 5.84 Å². The maximum Gasteiger partial charge on any atom is 0.151 e. The van der Waals surface area contributed by atoms with E-state index in [1.165, 1.54) is 5.56 Å². The van der Waals surface area contributed by atoms with Crippen molar-refractivity contribution in [2.75, 3.05) is 20.3 Å². The molecule has 24 heavy (non-hydrogen) atoms. The molecule has 0 spiro atoms. The highest BCUT2D eigenvalue weighted by Gasteiger charge is 2.28. The number of benzene rings is 2. The Morgan fingerprint density at radius 1 is 1.12 bits per heavy atom. The zero-order valence-corrected chi connectivity index (χ0v) is 13.7. The number of para-hydroxylation sites is 1. The first-order valence-corrected chi connectivity index (χ1v) is 7.94. The van der Waals surface area contributed by atoms with Gasteiger partial charge in [0, 0.05) is 13.0 Å². The van der Waals surface area contributed by atoms with Gasteiger partial charge in [0.25, 0.3) is 0 Å². The fourth-order valence-corrected chi connectivity index (χ4v) is 2.80. The Bertz CT molecular complexity index is 751. The summed E-state index contributed by atoms with van der Waals surface area (Å²) in [6.07, 6.45) is 0.472. The Morgan fingerprint density at radius 3 is 2.62 bits per heavy atom. The molecule has 0 atom stereocenters. The smallest absolute Gasteiger partial charge is 0.151 e. The van der Waals surface area contributed by atoms with Gasteiger partial charge in [-0.3, -0.25) is 5.01 Å². The Balaban J connectivity index is 1.90. The third kappa shape index (κ3) is 3.39. The Hall–Kier alpha value is -2.84. The summed E-state index contributed by atoms with van der Waals surface area (Å²) in [6.45, 7) is 1.93. The van der Waals surface area contributed by atoms with E-state index in [4.69, 9.17) is 15.0 Å². The Kier molecular flexibility index (Phi) is 5.09. The molecule has 0 saturated heterocycles. The molecule has 122 valence electrons. The van der Waals surface area contributed by atoms with Crippen molar-refractivity contribution in [3.8, 4) is 11.8 Å². The topological polar surface area (TPSA) is 51.9 Å². The van der Waals surface area contributed by atoms with Crippen molar-refractivity contribution < 1.29 is 4.74 Å². The second kappa shape index (κ2) is 7.62. The van der Waals surface area contributed by atoms with Crippen LogP contribution in [-0.2, 0) is 6.54 Å². The molecule has 1 aliphatic heterocycles. The lowest BCUT2D eigenvalue weighted by atomic mass is 10.1. The van der Waals surface area contributed by atoms with E-state index in [2.05, 4.69) is 28.2 Å². The first kappa shape index (κ1) is 16.0. The van der Waals surface area contributed by atoms with Crippen LogP contribution >= 0.6 is 0 Å². The van der Waals surface area contributed by atoms with Crippen molar-refractivity contribution in [3.63, 3.8) is 0 Å². The van der Waals surface area contributed by atoms with Crippen LogP contribution in [0.2, 0.25) is 0 Å². The molecule has 0 aromatic heterocycles. The van der Waals surface area contributed by atoms with Crippen molar-refractivity contribution in [1.29, 1.82) is 5.26 Å². The predicted octanol–water partition coefficient (Wildman–Crippen LogP) is 3.05. The number of hydrogen-bond donors (Lipinski definition) is 0. The Morgan fingerprint density at radius 2 is 1.88 bits per heavy atom. The SMILES string of the molecule is COc1ccccc1C1=NCN(CCC#N)N1Cc1ccccc1. The van der Waals surface area contributed by atoms with Gasteiger partial charge < -0.3 is 4.74 Å². The number of nitrogens with zero attached hydrogens (tertiary/aromatic N) is 4. The summed E-state index contributed by atoms with van der Waals surface area (Å²) in [4.78, 5) is 4.71. The molecule has 0 amide bonds. The average Bonchev–Trinajstić information content (AvgIpc) is 3.03. The fourth-order valence-electron chi connectivity index (χ4n) is 2.80. The van der Waals surface area contributed by atoms with Gasteiger partial charge in [-0.1, -0.05) is 42.5 Å². The minimum atomic E-state index is 0.472. The number of ether oxygens (including phenoxy) is 1. The highest BCUT2D eigenvalue weighted by molar-refractivity contribution is 6.01. The summed E-state index contributed by atoms with van der Waals surface area (Å²) in [6, 6.07) is 20.4. The highest BCUT2D eigenvalue weighted by Crippen LogP contribution is 2.25. The highest BCUT2D eigenvalue weighted by atomic mass is 16.5. The van der Waals surface area contributed by atoms with Gasteiger partial charge in [0.15, 0.2) is 5.84 Å². The molecule has 3 rings (SSSR count). The summed E-state index contributed by atoms with van der Waals surface area (Å²) in [5.41, 5.74) is 2.17. The molecule has 1 aliphatic rings. The van der Waals surface area contributed by atoms with Crippen molar-refractivity contribution in [2.24, 2.45) is 4.99 Å². The number of hydrogen-bond acceptors (Lipinski definition) is 5. The van der Waals surface area contributed by atoms with Gasteiger partial charge in [-0.25, -0.2) is 4.99 Å². The molecule has 2 aromatic rings. The largest absolute Gasteiger partial charge is 0.496 e. The van der Waals surface area contributed by atoms with Crippen LogP contribution in [-0.4, -0.2) is 36.2 Å². The van der Waals surface area contributed by atoms with Crippen molar-refractivity contribution in [1.82, 2.24) is 10.0 Å². The molecule has 0 bridgehead atoms. The van der Waals surface area contributed by atoms with E-state index in [0.717, 1.165) is 17.1 Å². The summed E-state index contributed by atoms with van der Waals surface area (Å²) in [5.74, 6) is 1.69. The molecule has 0 aliphatic carbocycles. The maximum atomic E-state index is 8.92. The first-order valence-electron chi connectivity index (χ1n) is 7.94. The molecule has 1 heterocycles. The van der Waals surface area contributed by atoms with E-state index in [1.807, 2.05) is 42.5 Å². The zero-order valence-electron chi connectivity index (χ0n) is 13.7. The summed E-state index contributed by atoms with van der Waals surface area (Å²) in [7, 11) is 1.67. The minimum absolute atomic E-state index is 0.472. The standard InChI is InChI=1S/C19H20N4O/c1-24-18-11-6-5-10-17(18)19-21-15-22(13-7-12-20)23(19)14-16-8-3-2-4-9-16/h2-6,8-11H,7,13-15H2,1H3. The number of aliphatic imine (C=N–C) groups is 1. The van der Waals surface area contributed by atoms with Crippen LogP contribution in [0.15, 0.2) is 59.6 Å². The van der Waals surface area contributed by atoms with Gasteiger partial charge in [0.05, 0.1) is 25.3 Å². The third-order valence-corrected chi connectivity index (χ3v) is 3.97. The molecular weight excluding hydrogens is 300 g/mol. The van der Waals surface area contributed by atoms with Crippen LogP contribution in [0.3, 0.4) is 0 Å². The molecule has 5 nitrogen and oxygen atoms in total. The van der Waals surface area contributed by atoms with Gasteiger partial charge in [-0.15, -0.1) is 0 Å². The number of amidine groups is 1. The number of rotatable bonds is 6. The van der Waals surface area contributed by atoms with Crippen LogP contribution in [0.25, 0.3) is 0 Å². The van der Waals surface area contributed by atoms with Gasteiger partial charge in [0.1, 0.15) is 12.4 Å². The van der Waals surface area contributed by atoms with Gasteiger partial charge in [-0.05, 0) is 17.7 Å². The van der Waals surface area contributed by atoms with E-state index in [-0.39, 0.29) is 0 Å². The summed E-state index contributed by atoms with van der Waals surface area (Å²) >= 11 is 0. The molecule has 5 heteroatoms. The summed E-state index contributed by atoms with van der Waals surface area (Å²) in [5, 5.41) is 13.2. The quantitative estimate of drug-likeness (QED) is 0.821. The van der Waals surface area contributed by atoms with E-state index in [1.54, 1.807) is 7.11 Å². The number of nitriles is 1. The summed E-state index contributed by atoms with van der Waals surface area (Å²) < 4.78 is 5.49. The molecule has 0 radical (unpaired) electrons. The molecule has 0 unspecified atom stereocenters. The van der Waals surface area contributed by atoms with Gasteiger partial charge in [-0.2, -0.15) is 10.3 Å². The average molecular weight is 320 g/mol. The van der Waals surface area contributed by atoms with Crippen molar-refractivity contribution in [2.45, 2.75) is 13.0 Å². The lowest BCUT2D eigenvalue weighted by Gasteiger charge is -2.30. The monoisotopic (exact) mass is 320 g/mol. The molecular formula is C19H20N4O. The Labute approximate surface area is 142 Å². The van der Waals surface area contributed by atoms with E-state index in [0.29, 0.717) is 26.2 Å². The van der Waals surface area contributed by atoms with Crippen molar-refractivity contribution in [3.05, 3.63) is 65.7 Å². The predicted molar refractivity (Wildman–Crippen MR) is 93.3 cm³/mol. The van der Waals surface area contributed by atoms with E-state index < -0.39 is 0 Å². The zero-order chi connectivity index (χ0) is 16.8. The lowest BCUT2D eigenvalue weighted by Crippen LogP contribution is -2.41. The second-order valence-corrected chi connectivity index (χ2v) is 5.50. The third-order valence-electron chi connectivity index (χ3n) is 3.97. The van der Waals surface area contributed by atoms with E-state index >= 15 is 0 Å². The van der Waals surface area contributed by atoms with Crippen LogP contribution < -0.4 is 4.74 Å². The second-order valence-electron chi connectivity index (χ2n) is 5.50. The molecule has 0 saturated carbocycles. The van der Waals surface area contributed by atoms with E-state index in [9.17, 15) is 0 Å².